The number of aryl methyl sites for hydroxylation is 1. The van der Waals surface area contributed by atoms with Crippen LogP contribution in [0.1, 0.15) is 77.0 Å². The maximum Gasteiger partial charge on any atom is 0.336 e. The molecule has 0 radical (unpaired) electrons. The predicted molar refractivity (Wildman–Crippen MR) is 194 cm³/mol. The Balaban J connectivity index is 1.44. The molecule has 0 spiro atoms. The number of amides is 2. The SMILES string of the molecule is O=C(O)c1cc(C(=O)O)c(C(=O)N(Cc2cccc(Oc3ccccc3)c2)[C@H]2CCCc3ccccc32)cc1C(=O)NS(=O)(=O)c1ccc(Br)cc1. The largest absolute Gasteiger partial charge is 0.478 e. The lowest BCUT2D eigenvalue weighted by Gasteiger charge is -2.36. The van der Waals surface area contributed by atoms with Crippen molar-refractivity contribution in [2.75, 3.05) is 0 Å². The van der Waals surface area contributed by atoms with Crippen LogP contribution >= 0.6 is 15.9 Å². The number of aromatic carboxylic acids is 2. The molecule has 0 heterocycles. The Labute approximate surface area is 307 Å². The third kappa shape index (κ3) is 7.90. The van der Waals surface area contributed by atoms with E-state index >= 15 is 0 Å². The summed E-state index contributed by atoms with van der Waals surface area (Å²) in [7, 11) is -4.50. The number of carboxylic acid groups (broad SMARTS) is 2. The Bertz CT molecular complexity index is 2300. The van der Waals surface area contributed by atoms with Gasteiger partial charge < -0.3 is 19.8 Å². The Kier molecular flexibility index (Phi) is 10.5. The van der Waals surface area contributed by atoms with Crippen LogP contribution in [-0.4, -0.2) is 47.3 Å². The van der Waals surface area contributed by atoms with Gasteiger partial charge in [0.25, 0.3) is 21.8 Å². The van der Waals surface area contributed by atoms with Crippen molar-refractivity contribution in [3.05, 3.63) is 159 Å². The number of carbonyl (C=O) groups excluding carboxylic acids is 2. The molecule has 13 heteroatoms. The highest BCUT2D eigenvalue weighted by Gasteiger charge is 2.34. The van der Waals surface area contributed by atoms with Crippen molar-refractivity contribution in [3.63, 3.8) is 0 Å². The third-order valence-corrected chi connectivity index (χ3v) is 10.5. The van der Waals surface area contributed by atoms with E-state index in [0.717, 1.165) is 30.0 Å². The molecular weight excluding hydrogens is 752 g/mol. The molecule has 2 amide bonds. The number of nitrogens with zero attached hydrogens (tertiary/aromatic N) is 1. The fourth-order valence-electron chi connectivity index (χ4n) is 6.23. The van der Waals surface area contributed by atoms with Gasteiger partial charge in [-0.25, -0.2) is 22.7 Å². The third-order valence-electron chi connectivity index (χ3n) is 8.65. The molecule has 6 rings (SSSR count). The number of nitrogens with one attached hydrogen (secondary N) is 1. The number of halogens is 1. The number of carboxylic acids is 2. The van der Waals surface area contributed by atoms with Gasteiger partial charge in [-0.3, -0.25) is 9.59 Å². The number of ether oxygens (including phenoxy) is 1. The average Bonchev–Trinajstić information content (AvgIpc) is 3.13. The summed E-state index contributed by atoms with van der Waals surface area (Å²) in [5.74, 6) is -4.35. The Morgan fingerprint density at radius 1 is 0.750 bits per heavy atom. The zero-order valence-electron chi connectivity index (χ0n) is 27.4. The highest BCUT2D eigenvalue weighted by molar-refractivity contribution is 9.10. The van der Waals surface area contributed by atoms with Crippen molar-refractivity contribution in [1.29, 1.82) is 0 Å². The second kappa shape index (κ2) is 15.2. The van der Waals surface area contributed by atoms with E-state index in [9.17, 15) is 37.8 Å². The highest BCUT2D eigenvalue weighted by atomic mass is 79.9. The smallest absolute Gasteiger partial charge is 0.336 e. The van der Waals surface area contributed by atoms with E-state index in [-0.39, 0.29) is 11.4 Å². The van der Waals surface area contributed by atoms with Crippen LogP contribution < -0.4 is 9.46 Å². The lowest BCUT2D eigenvalue weighted by Crippen LogP contribution is -2.38. The summed E-state index contributed by atoms with van der Waals surface area (Å²) in [4.78, 5) is 54.5. The summed E-state index contributed by atoms with van der Waals surface area (Å²) in [6.07, 6.45) is 2.05. The molecule has 0 aliphatic heterocycles. The summed E-state index contributed by atoms with van der Waals surface area (Å²) in [5, 5.41) is 20.3. The van der Waals surface area contributed by atoms with Crippen LogP contribution in [0, 0.1) is 0 Å². The molecule has 5 aromatic rings. The standard InChI is InChI=1S/C39H31BrN2O9S/c40-26-16-18-29(19-17-26)52(49,50)41-36(43)31-21-32(34(39(47)48)22-33(31)38(45)46)37(44)42(35-15-7-10-25-9-4-5-14-30(25)35)23-24-8-6-13-28(20-24)51-27-11-2-1-3-12-27/h1-6,8-9,11-14,16-22,35H,7,10,15,23H2,(H,41,43)(H,45,46)(H,47,48)/t35-/m0/s1. The van der Waals surface area contributed by atoms with Gasteiger partial charge in [-0.1, -0.05) is 70.5 Å². The quantitative estimate of drug-likeness (QED) is 0.123. The summed E-state index contributed by atoms with van der Waals surface area (Å²) >= 11 is 3.21. The van der Waals surface area contributed by atoms with Crippen molar-refractivity contribution >= 4 is 49.7 Å². The molecule has 5 aromatic carbocycles. The summed E-state index contributed by atoms with van der Waals surface area (Å²) in [6, 6.07) is 30.2. The lowest BCUT2D eigenvalue weighted by molar-refractivity contribution is 0.0613. The molecule has 0 fully saturated rings. The molecule has 1 aliphatic carbocycles. The van der Waals surface area contributed by atoms with Gasteiger partial charge >= 0.3 is 11.9 Å². The van der Waals surface area contributed by atoms with Gasteiger partial charge in [0.1, 0.15) is 11.5 Å². The normalized spacial score (nSPS) is 13.8. The summed E-state index contributed by atoms with van der Waals surface area (Å²) in [6.45, 7) is -0.0109. The van der Waals surface area contributed by atoms with Crippen LogP contribution in [-0.2, 0) is 23.0 Å². The van der Waals surface area contributed by atoms with Gasteiger partial charge in [0.2, 0.25) is 0 Å². The molecule has 1 aliphatic rings. The van der Waals surface area contributed by atoms with Gasteiger partial charge in [-0.15, -0.1) is 0 Å². The van der Waals surface area contributed by atoms with Crippen molar-refractivity contribution in [3.8, 4) is 11.5 Å². The van der Waals surface area contributed by atoms with Crippen molar-refractivity contribution in [2.24, 2.45) is 0 Å². The van der Waals surface area contributed by atoms with Gasteiger partial charge in [-0.05, 0) is 96.6 Å². The van der Waals surface area contributed by atoms with E-state index in [2.05, 4.69) is 15.9 Å². The number of para-hydroxylation sites is 1. The molecular formula is C39H31BrN2O9S. The van der Waals surface area contributed by atoms with Crippen molar-refractivity contribution < 1.29 is 42.5 Å². The number of rotatable bonds is 11. The molecule has 0 unspecified atom stereocenters. The van der Waals surface area contributed by atoms with E-state index in [0.29, 0.717) is 34.0 Å². The first-order chi connectivity index (χ1) is 24.9. The number of fused-ring (bicyclic) bond motifs is 1. The van der Waals surface area contributed by atoms with E-state index < -0.39 is 62.1 Å². The minimum Gasteiger partial charge on any atom is -0.478 e. The molecule has 0 saturated carbocycles. The fourth-order valence-corrected chi connectivity index (χ4v) is 7.46. The number of benzene rings is 5. The monoisotopic (exact) mass is 782 g/mol. The maximum atomic E-state index is 14.8. The molecule has 3 N–H and O–H groups in total. The van der Waals surface area contributed by atoms with E-state index in [1.54, 1.807) is 36.4 Å². The molecule has 0 saturated heterocycles. The highest BCUT2D eigenvalue weighted by Crippen LogP contribution is 2.37. The van der Waals surface area contributed by atoms with Gasteiger partial charge in [0.15, 0.2) is 0 Å². The van der Waals surface area contributed by atoms with Crippen molar-refractivity contribution in [1.82, 2.24) is 9.62 Å². The van der Waals surface area contributed by atoms with Crippen LogP contribution in [0.3, 0.4) is 0 Å². The van der Waals surface area contributed by atoms with E-state index in [1.807, 2.05) is 47.2 Å². The average molecular weight is 784 g/mol. The Morgan fingerprint density at radius 2 is 1.38 bits per heavy atom. The van der Waals surface area contributed by atoms with Crippen LogP contribution in [0.15, 0.2) is 125 Å². The Hall–Kier alpha value is -5.79. The number of carbonyl (C=O) groups is 4. The molecule has 0 aromatic heterocycles. The van der Waals surface area contributed by atoms with Crippen molar-refractivity contribution in [2.45, 2.75) is 36.7 Å². The Morgan fingerprint density at radius 3 is 2.10 bits per heavy atom. The minimum atomic E-state index is -4.50. The molecule has 11 nitrogen and oxygen atoms in total. The molecule has 0 bridgehead atoms. The van der Waals surface area contributed by atoms with E-state index in [4.69, 9.17) is 4.74 Å². The molecule has 264 valence electrons. The number of hydrogen-bond donors (Lipinski definition) is 3. The summed E-state index contributed by atoms with van der Waals surface area (Å²) < 4.78 is 34.7. The fraction of sp³-hybridized carbons (Fsp3) is 0.128. The first-order valence-corrected chi connectivity index (χ1v) is 18.4. The predicted octanol–water partition coefficient (Wildman–Crippen LogP) is 7.48. The van der Waals surface area contributed by atoms with Crippen LogP contribution in [0.25, 0.3) is 0 Å². The molecule has 1 atom stereocenters. The lowest BCUT2D eigenvalue weighted by atomic mass is 9.86. The topological polar surface area (TPSA) is 167 Å². The van der Waals surface area contributed by atoms with Crippen LogP contribution in [0.4, 0.5) is 0 Å². The molecule has 52 heavy (non-hydrogen) atoms. The van der Waals surface area contributed by atoms with Crippen LogP contribution in [0.2, 0.25) is 0 Å². The van der Waals surface area contributed by atoms with Gasteiger partial charge in [-0.2, -0.15) is 0 Å². The van der Waals surface area contributed by atoms with E-state index in [1.165, 1.54) is 29.2 Å². The van der Waals surface area contributed by atoms with Gasteiger partial charge in [0, 0.05) is 11.0 Å². The zero-order valence-corrected chi connectivity index (χ0v) is 29.8. The first-order valence-electron chi connectivity index (χ1n) is 16.1. The van der Waals surface area contributed by atoms with Gasteiger partial charge in [0.05, 0.1) is 33.2 Å². The van der Waals surface area contributed by atoms with Crippen LogP contribution in [0.5, 0.6) is 11.5 Å². The maximum absolute atomic E-state index is 14.8. The zero-order chi connectivity index (χ0) is 37.0. The first kappa shape index (κ1) is 36.0. The second-order valence-electron chi connectivity index (χ2n) is 12.0. The minimum absolute atomic E-state index is 0.0109. The second-order valence-corrected chi connectivity index (χ2v) is 14.6. The summed E-state index contributed by atoms with van der Waals surface area (Å²) in [5.41, 5.74) is -0.0932. The number of sulfonamides is 1. The number of hydrogen-bond acceptors (Lipinski definition) is 7.